The Morgan fingerprint density at radius 1 is 1.25 bits per heavy atom. The van der Waals surface area contributed by atoms with Crippen LogP contribution in [0.15, 0.2) is 18.7 Å². The van der Waals surface area contributed by atoms with E-state index >= 15 is 0 Å². The van der Waals surface area contributed by atoms with Crippen LogP contribution in [0.25, 0.3) is 0 Å². The molecule has 0 spiro atoms. The highest BCUT2D eigenvalue weighted by molar-refractivity contribution is 5.24. The van der Waals surface area contributed by atoms with Crippen LogP contribution in [-0.2, 0) is 6.42 Å². The summed E-state index contributed by atoms with van der Waals surface area (Å²) in [6.07, 6.45) is 9.01. The lowest BCUT2D eigenvalue weighted by atomic mass is 9.97. The highest BCUT2D eigenvalue weighted by Gasteiger charge is 2.15. The molecule has 1 rings (SSSR count). The van der Waals surface area contributed by atoms with E-state index in [-0.39, 0.29) is 0 Å². The fraction of sp³-hybridized carbons (Fsp3) is 0.647. The van der Waals surface area contributed by atoms with Crippen molar-refractivity contribution in [1.29, 1.82) is 0 Å². The maximum absolute atomic E-state index is 4.35. The van der Waals surface area contributed by atoms with Gasteiger partial charge in [-0.15, -0.1) is 6.58 Å². The zero-order valence-electron chi connectivity index (χ0n) is 13.3. The van der Waals surface area contributed by atoms with Gasteiger partial charge in [-0.3, -0.25) is 0 Å². The molecule has 0 aliphatic rings. The van der Waals surface area contributed by atoms with Gasteiger partial charge in [0.2, 0.25) is 0 Å². The summed E-state index contributed by atoms with van der Waals surface area (Å²) in [4.78, 5) is 0. The van der Waals surface area contributed by atoms with Crippen LogP contribution in [0.4, 0.5) is 0 Å². The van der Waals surface area contributed by atoms with E-state index in [9.17, 15) is 0 Å². The largest absolute Gasteiger partial charge is 0.310 e. The Kier molecular flexibility index (Phi) is 8.12. The average molecular weight is 275 g/mol. The van der Waals surface area contributed by atoms with Gasteiger partial charge in [0, 0.05) is 6.04 Å². The molecule has 1 heterocycles. The van der Waals surface area contributed by atoms with E-state index in [0.29, 0.717) is 6.04 Å². The summed E-state index contributed by atoms with van der Waals surface area (Å²) >= 11 is 0. The fourth-order valence-corrected chi connectivity index (χ4v) is 2.54. The third kappa shape index (κ3) is 5.41. The number of unbranched alkanes of at least 4 members (excludes halogenated alkanes) is 3. The molecule has 0 fully saturated rings. The molecule has 1 atom stereocenters. The van der Waals surface area contributed by atoms with Gasteiger partial charge in [0.1, 0.15) is 0 Å². The number of allylic oxidation sites excluding steroid dienone is 1. The van der Waals surface area contributed by atoms with Crippen LogP contribution in [0.2, 0.25) is 0 Å². The third-order valence-corrected chi connectivity index (χ3v) is 3.59. The monoisotopic (exact) mass is 275 g/mol. The Labute approximate surface area is 123 Å². The van der Waals surface area contributed by atoms with Crippen LogP contribution >= 0.6 is 0 Å². The van der Waals surface area contributed by atoms with Crippen LogP contribution in [0.5, 0.6) is 0 Å². The Morgan fingerprint density at radius 3 is 2.70 bits per heavy atom. The molecule has 1 unspecified atom stereocenters. The molecule has 0 amide bonds. The van der Waals surface area contributed by atoms with E-state index in [0.717, 1.165) is 30.8 Å². The minimum absolute atomic E-state index is 0.410. The summed E-state index contributed by atoms with van der Waals surface area (Å²) in [5.41, 5.74) is 3.48. The van der Waals surface area contributed by atoms with Gasteiger partial charge in [-0.25, -0.2) is 0 Å². The van der Waals surface area contributed by atoms with Gasteiger partial charge < -0.3 is 5.32 Å². The van der Waals surface area contributed by atoms with Crippen molar-refractivity contribution in [2.45, 2.75) is 65.3 Å². The van der Waals surface area contributed by atoms with Crippen molar-refractivity contribution < 1.29 is 0 Å². The first-order valence-electron chi connectivity index (χ1n) is 7.90. The summed E-state index contributed by atoms with van der Waals surface area (Å²) < 4.78 is 0. The summed E-state index contributed by atoms with van der Waals surface area (Å²) in [6, 6.07) is 2.61. The predicted molar refractivity (Wildman–Crippen MR) is 85.8 cm³/mol. The van der Waals surface area contributed by atoms with Crippen molar-refractivity contribution in [2.24, 2.45) is 0 Å². The molecule has 0 radical (unpaired) electrons. The number of aromatic nitrogens is 2. The Hall–Kier alpha value is -1.22. The van der Waals surface area contributed by atoms with Gasteiger partial charge >= 0.3 is 0 Å². The molecule has 1 N–H and O–H groups in total. The van der Waals surface area contributed by atoms with Crippen molar-refractivity contribution in [1.82, 2.24) is 15.5 Å². The Bertz CT molecular complexity index is 401. The van der Waals surface area contributed by atoms with E-state index in [1.165, 1.54) is 31.2 Å². The van der Waals surface area contributed by atoms with Crippen molar-refractivity contribution in [2.75, 3.05) is 6.54 Å². The van der Waals surface area contributed by atoms with Crippen LogP contribution < -0.4 is 5.32 Å². The first kappa shape index (κ1) is 16.8. The first-order chi connectivity index (χ1) is 9.72. The quantitative estimate of drug-likeness (QED) is 0.515. The third-order valence-electron chi connectivity index (χ3n) is 3.59. The number of nitrogens with one attached hydrogen (secondary N) is 1. The van der Waals surface area contributed by atoms with Crippen LogP contribution in [0, 0.1) is 6.92 Å². The molecule has 0 saturated heterocycles. The van der Waals surface area contributed by atoms with Gasteiger partial charge in [-0.1, -0.05) is 32.8 Å². The lowest BCUT2D eigenvalue weighted by Gasteiger charge is -2.20. The number of hydrogen-bond acceptors (Lipinski definition) is 3. The maximum Gasteiger partial charge on any atom is 0.0676 e. The molecular weight excluding hydrogens is 246 g/mol. The predicted octanol–water partition coefficient (Wildman–Crippen LogP) is 4.13. The molecular formula is C17H29N3. The number of nitrogens with zero attached hydrogens (tertiary/aromatic N) is 2. The minimum Gasteiger partial charge on any atom is -0.310 e. The van der Waals surface area contributed by atoms with E-state index in [1.54, 1.807) is 0 Å². The van der Waals surface area contributed by atoms with E-state index in [4.69, 9.17) is 0 Å². The standard InChI is InChI=1S/C17H29N3/c1-5-8-9-10-11-12-17(18-7-3)15-13-14(4)19-20-16(15)6-2/h5,13,17-18H,1,6-12H2,2-4H3. The molecule has 3 heteroatoms. The molecule has 0 saturated carbocycles. The molecule has 0 aliphatic carbocycles. The lowest BCUT2D eigenvalue weighted by Crippen LogP contribution is -2.23. The van der Waals surface area contributed by atoms with Crippen molar-refractivity contribution in [3.8, 4) is 0 Å². The van der Waals surface area contributed by atoms with Crippen LogP contribution in [0.3, 0.4) is 0 Å². The van der Waals surface area contributed by atoms with E-state index in [2.05, 4.69) is 42.0 Å². The van der Waals surface area contributed by atoms with Crippen molar-refractivity contribution in [3.05, 3.63) is 35.7 Å². The zero-order valence-corrected chi connectivity index (χ0v) is 13.3. The Balaban J connectivity index is 2.69. The van der Waals surface area contributed by atoms with E-state index < -0.39 is 0 Å². The molecule has 112 valence electrons. The fourth-order valence-electron chi connectivity index (χ4n) is 2.54. The normalized spacial score (nSPS) is 12.3. The zero-order chi connectivity index (χ0) is 14.8. The number of aryl methyl sites for hydroxylation is 2. The molecule has 0 bridgehead atoms. The smallest absolute Gasteiger partial charge is 0.0676 e. The summed E-state index contributed by atoms with van der Waals surface area (Å²) in [5.74, 6) is 0. The Morgan fingerprint density at radius 2 is 2.05 bits per heavy atom. The van der Waals surface area contributed by atoms with Gasteiger partial charge in [-0.2, -0.15) is 10.2 Å². The topological polar surface area (TPSA) is 37.8 Å². The summed E-state index contributed by atoms with van der Waals surface area (Å²) in [5, 5.41) is 12.1. The number of hydrogen-bond donors (Lipinski definition) is 1. The van der Waals surface area contributed by atoms with Crippen LogP contribution in [-0.4, -0.2) is 16.7 Å². The van der Waals surface area contributed by atoms with Crippen molar-refractivity contribution in [3.63, 3.8) is 0 Å². The molecule has 0 aromatic carbocycles. The summed E-state index contributed by atoms with van der Waals surface area (Å²) in [7, 11) is 0. The van der Waals surface area contributed by atoms with Gasteiger partial charge in [-0.05, 0) is 50.8 Å². The van der Waals surface area contributed by atoms with Crippen LogP contribution in [0.1, 0.15) is 68.9 Å². The minimum atomic E-state index is 0.410. The molecule has 1 aromatic rings. The van der Waals surface area contributed by atoms with Crippen molar-refractivity contribution >= 4 is 0 Å². The maximum atomic E-state index is 4.35. The average Bonchev–Trinajstić information content (AvgIpc) is 2.46. The van der Waals surface area contributed by atoms with Gasteiger partial charge in [0.15, 0.2) is 0 Å². The summed E-state index contributed by atoms with van der Waals surface area (Å²) in [6.45, 7) is 11.1. The highest BCUT2D eigenvalue weighted by atomic mass is 15.1. The second-order valence-corrected chi connectivity index (χ2v) is 5.28. The molecule has 0 aliphatic heterocycles. The van der Waals surface area contributed by atoms with Gasteiger partial charge in [0.25, 0.3) is 0 Å². The molecule has 20 heavy (non-hydrogen) atoms. The number of rotatable bonds is 10. The highest BCUT2D eigenvalue weighted by Crippen LogP contribution is 2.23. The molecule has 3 nitrogen and oxygen atoms in total. The lowest BCUT2D eigenvalue weighted by molar-refractivity contribution is 0.477. The molecule has 1 aromatic heterocycles. The van der Waals surface area contributed by atoms with E-state index in [1.807, 2.05) is 13.0 Å². The second-order valence-electron chi connectivity index (χ2n) is 5.28. The van der Waals surface area contributed by atoms with Gasteiger partial charge in [0.05, 0.1) is 11.4 Å². The SMILES string of the molecule is C=CCCCCCC(NCC)c1cc(C)nnc1CC. The second kappa shape index (κ2) is 9.65. The first-order valence-corrected chi connectivity index (χ1v) is 7.90.